The van der Waals surface area contributed by atoms with Gasteiger partial charge in [0.2, 0.25) is 0 Å². The molecule has 1 atom stereocenters. The summed E-state index contributed by atoms with van der Waals surface area (Å²) in [5.74, 6) is 1.86. The van der Waals surface area contributed by atoms with Gasteiger partial charge in [-0.05, 0) is 31.0 Å². The van der Waals surface area contributed by atoms with Gasteiger partial charge in [0.1, 0.15) is 5.82 Å². The lowest BCUT2D eigenvalue weighted by Crippen LogP contribution is -2.20. The molecule has 3 heteroatoms. The predicted octanol–water partition coefficient (Wildman–Crippen LogP) is 2.36. The molecule has 0 aliphatic carbocycles. The Labute approximate surface area is 97.9 Å². The van der Waals surface area contributed by atoms with Crippen LogP contribution in [0.15, 0.2) is 18.2 Å². The van der Waals surface area contributed by atoms with Crippen molar-refractivity contribution in [1.82, 2.24) is 9.88 Å². The van der Waals surface area contributed by atoms with E-state index < -0.39 is 0 Å². The lowest BCUT2D eigenvalue weighted by molar-refractivity contribution is 0.311. The van der Waals surface area contributed by atoms with Gasteiger partial charge in [0, 0.05) is 20.1 Å². The minimum atomic E-state index is 0.896. The van der Waals surface area contributed by atoms with Gasteiger partial charge in [0.05, 0.1) is 5.69 Å². The molecule has 2 heterocycles. The number of hydrogen-bond acceptors (Lipinski definition) is 3. The van der Waals surface area contributed by atoms with Crippen LogP contribution in [0, 0.1) is 5.92 Å². The van der Waals surface area contributed by atoms with Crippen molar-refractivity contribution in [2.75, 3.05) is 25.5 Å². The van der Waals surface area contributed by atoms with E-state index in [1.54, 1.807) is 0 Å². The average molecular weight is 219 g/mol. The van der Waals surface area contributed by atoms with E-state index in [0.29, 0.717) is 0 Å². The Morgan fingerprint density at radius 2 is 2.38 bits per heavy atom. The van der Waals surface area contributed by atoms with Crippen molar-refractivity contribution in [3.63, 3.8) is 0 Å². The number of aromatic nitrogens is 1. The third-order valence-electron chi connectivity index (χ3n) is 3.40. The zero-order valence-electron chi connectivity index (χ0n) is 10.2. The highest BCUT2D eigenvalue weighted by atomic mass is 15.2. The van der Waals surface area contributed by atoms with Gasteiger partial charge >= 0.3 is 0 Å². The van der Waals surface area contributed by atoms with E-state index >= 15 is 0 Å². The van der Waals surface area contributed by atoms with Crippen molar-refractivity contribution in [1.29, 1.82) is 0 Å². The number of hydrogen-bond donors (Lipinski definition) is 1. The van der Waals surface area contributed by atoms with Crippen LogP contribution >= 0.6 is 0 Å². The first kappa shape index (κ1) is 11.4. The molecule has 0 saturated carbocycles. The molecular weight excluding hydrogens is 198 g/mol. The molecule has 1 aromatic rings. The van der Waals surface area contributed by atoms with E-state index in [1.807, 2.05) is 13.1 Å². The zero-order valence-corrected chi connectivity index (χ0v) is 10.2. The molecule has 3 nitrogen and oxygen atoms in total. The minimum Gasteiger partial charge on any atom is -0.373 e. The number of anilines is 1. The fourth-order valence-corrected chi connectivity index (χ4v) is 2.33. The number of pyridine rings is 1. The van der Waals surface area contributed by atoms with Crippen LogP contribution in [-0.4, -0.2) is 30.0 Å². The Balaban J connectivity index is 1.94. The van der Waals surface area contributed by atoms with Crippen LogP contribution in [0.2, 0.25) is 0 Å². The predicted molar refractivity (Wildman–Crippen MR) is 67.5 cm³/mol. The smallest absolute Gasteiger partial charge is 0.126 e. The van der Waals surface area contributed by atoms with Crippen molar-refractivity contribution in [3.8, 4) is 0 Å². The minimum absolute atomic E-state index is 0.896. The van der Waals surface area contributed by atoms with Crippen LogP contribution in [0.5, 0.6) is 0 Å². The van der Waals surface area contributed by atoms with Crippen LogP contribution in [0.1, 0.15) is 25.5 Å². The SMILES string of the molecule is CCC1CCN(Cc2cccc(NC)n2)C1. The molecule has 88 valence electrons. The summed E-state index contributed by atoms with van der Waals surface area (Å²) in [6.45, 7) is 5.74. The highest BCUT2D eigenvalue weighted by Gasteiger charge is 2.20. The van der Waals surface area contributed by atoms with E-state index in [2.05, 4.69) is 34.3 Å². The van der Waals surface area contributed by atoms with Crippen LogP contribution in [-0.2, 0) is 6.54 Å². The molecule has 1 unspecified atom stereocenters. The van der Waals surface area contributed by atoms with Gasteiger partial charge < -0.3 is 5.32 Å². The molecule has 1 N–H and O–H groups in total. The first-order chi connectivity index (χ1) is 7.81. The van der Waals surface area contributed by atoms with Crippen LogP contribution in [0.4, 0.5) is 5.82 Å². The lowest BCUT2D eigenvalue weighted by atomic mass is 10.1. The maximum atomic E-state index is 4.55. The molecule has 0 amide bonds. The van der Waals surface area contributed by atoms with E-state index in [1.165, 1.54) is 31.6 Å². The monoisotopic (exact) mass is 219 g/mol. The average Bonchev–Trinajstić information content (AvgIpc) is 2.77. The first-order valence-electron chi connectivity index (χ1n) is 6.18. The largest absolute Gasteiger partial charge is 0.373 e. The van der Waals surface area contributed by atoms with Gasteiger partial charge in [0.15, 0.2) is 0 Å². The topological polar surface area (TPSA) is 28.2 Å². The van der Waals surface area contributed by atoms with Crippen molar-refractivity contribution in [2.24, 2.45) is 5.92 Å². The number of likely N-dealkylation sites (tertiary alicyclic amines) is 1. The van der Waals surface area contributed by atoms with Crippen molar-refractivity contribution < 1.29 is 0 Å². The maximum absolute atomic E-state index is 4.55. The highest BCUT2D eigenvalue weighted by molar-refractivity contribution is 5.34. The number of nitrogens with one attached hydrogen (secondary N) is 1. The van der Waals surface area contributed by atoms with E-state index in [9.17, 15) is 0 Å². The molecule has 1 aliphatic heterocycles. The van der Waals surface area contributed by atoms with Gasteiger partial charge in [-0.25, -0.2) is 4.98 Å². The molecule has 1 fully saturated rings. The number of rotatable bonds is 4. The van der Waals surface area contributed by atoms with Gasteiger partial charge in [-0.3, -0.25) is 4.90 Å². The molecule has 2 rings (SSSR count). The summed E-state index contributed by atoms with van der Waals surface area (Å²) in [7, 11) is 1.91. The molecule has 16 heavy (non-hydrogen) atoms. The normalized spacial score (nSPS) is 21.2. The Morgan fingerprint density at radius 3 is 3.06 bits per heavy atom. The Hall–Kier alpha value is -1.09. The van der Waals surface area contributed by atoms with Crippen LogP contribution < -0.4 is 5.32 Å². The molecule has 0 spiro atoms. The molecule has 0 bridgehead atoms. The van der Waals surface area contributed by atoms with Crippen molar-refractivity contribution in [3.05, 3.63) is 23.9 Å². The summed E-state index contributed by atoms with van der Waals surface area (Å²) in [5.41, 5.74) is 1.17. The van der Waals surface area contributed by atoms with Crippen molar-refractivity contribution >= 4 is 5.82 Å². The third-order valence-corrected chi connectivity index (χ3v) is 3.40. The summed E-state index contributed by atoms with van der Waals surface area (Å²) in [6, 6.07) is 6.18. The van der Waals surface area contributed by atoms with Crippen molar-refractivity contribution in [2.45, 2.75) is 26.3 Å². The van der Waals surface area contributed by atoms with Gasteiger partial charge in [0.25, 0.3) is 0 Å². The summed E-state index contributed by atoms with van der Waals surface area (Å²) < 4.78 is 0. The fourth-order valence-electron chi connectivity index (χ4n) is 2.33. The van der Waals surface area contributed by atoms with Gasteiger partial charge in [-0.2, -0.15) is 0 Å². The lowest BCUT2D eigenvalue weighted by Gasteiger charge is -2.15. The Kier molecular flexibility index (Phi) is 3.78. The maximum Gasteiger partial charge on any atom is 0.126 e. The summed E-state index contributed by atoms with van der Waals surface area (Å²) >= 11 is 0. The molecule has 1 aromatic heterocycles. The summed E-state index contributed by atoms with van der Waals surface area (Å²) in [4.78, 5) is 7.06. The molecule has 1 saturated heterocycles. The second-order valence-corrected chi connectivity index (χ2v) is 4.56. The summed E-state index contributed by atoms with van der Waals surface area (Å²) in [5, 5.41) is 3.08. The fraction of sp³-hybridized carbons (Fsp3) is 0.615. The van der Waals surface area contributed by atoms with Gasteiger partial charge in [-0.1, -0.05) is 19.4 Å². The standard InChI is InChI=1S/C13H21N3/c1-3-11-7-8-16(9-11)10-12-5-4-6-13(14-2)15-12/h4-6,11H,3,7-10H2,1-2H3,(H,14,15). The van der Waals surface area contributed by atoms with Crippen LogP contribution in [0.25, 0.3) is 0 Å². The molecule has 1 aliphatic rings. The zero-order chi connectivity index (χ0) is 11.4. The molecule has 0 radical (unpaired) electrons. The highest BCUT2D eigenvalue weighted by Crippen LogP contribution is 2.20. The van der Waals surface area contributed by atoms with E-state index in [4.69, 9.17) is 0 Å². The molecular formula is C13H21N3. The Bertz CT molecular complexity index is 338. The molecule has 0 aromatic carbocycles. The van der Waals surface area contributed by atoms with Gasteiger partial charge in [-0.15, -0.1) is 0 Å². The Morgan fingerprint density at radius 1 is 1.50 bits per heavy atom. The third kappa shape index (κ3) is 2.73. The quantitative estimate of drug-likeness (QED) is 0.842. The second-order valence-electron chi connectivity index (χ2n) is 4.56. The van der Waals surface area contributed by atoms with E-state index in [-0.39, 0.29) is 0 Å². The first-order valence-corrected chi connectivity index (χ1v) is 6.18. The second kappa shape index (κ2) is 5.30. The number of nitrogens with zero attached hydrogens (tertiary/aromatic N) is 2. The van der Waals surface area contributed by atoms with E-state index in [0.717, 1.165) is 18.3 Å². The summed E-state index contributed by atoms with van der Waals surface area (Å²) in [6.07, 6.45) is 2.66. The van der Waals surface area contributed by atoms with Crippen LogP contribution in [0.3, 0.4) is 0 Å².